The van der Waals surface area contributed by atoms with Gasteiger partial charge in [-0.15, -0.1) is 5.10 Å². The summed E-state index contributed by atoms with van der Waals surface area (Å²) < 4.78 is 12.8. The number of hydrogen-bond donors (Lipinski definition) is 1. The van der Waals surface area contributed by atoms with Crippen molar-refractivity contribution in [3.63, 3.8) is 0 Å². The Morgan fingerprint density at radius 2 is 2.05 bits per heavy atom. The molecule has 1 aromatic heterocycles. The summed E-state index contributed by atoms with van der Waals surface area (Å²) in [5, 5.41) is 8.25. The summed E-state index contributed by atoms with van der Waals surface area (Å²) in [4.78, 5) is 0. The van der Waals surface area contributed by atoms with Crippen LogP contribution in [0.4, 0.5) is 0 Å². The zero-order chi connectivity index (χ0) is 13.1. The summed E-state index contributed by atoms with van der Waals surface area (Å²) in [5.41, 5.74) is 7.34. The third-order valence-corrected chi connectivity index (χ3v) is 2.97. The second kappa shape index (κ2) is 5.27. The van der Waals surface area contributed by atoms with E-state index in [1.165, 1.54) is 0 Å². The van der Waals surface area contributed by atoms with Crippen molar-refractivity contribution in [3.05, 3.63) is 30.1 Å². The van der Waals surface area contributed by atoms with Crippen molar-refractivity contribution in [1.82, 2.24) is 15.0 Å². The van der Waals surface area contributed by atoms with Crippen molar-refractivity contribution in [2.75, 3.05) is 19.8 Å². The minimum absolute atomic E-state index is 0.579. The molecule has 6 nitrogen and oxygen atoms in total. The number of aromatic nitrogens is 3. The van der Waals surface area contributed by atoms with Gasteiger partial charge < -0.3 is 15.2 Å². The number of nitrogens with zero attached hydrogens (tertiary/aromatic N) is 3. The molecule has 0 saturated carbocycles. The maximum atomic E-state index is 5.55. The second-order valence-electron chi connectivity index (χ2n) is 4.37. The molecule has 0 saturated heterocycles. The minimum atomic E-state index is 0.579. The van der Waals surface area contributed by atoms with Crippen LogP contribution in [0.15, 0.2) is 24.4 Å². The van der Waals surface area contributed by atoms with Gasteiger partial charge in [-0.1, -0.05) is 5.21 Å². The molecule has 0 spiro atoms. The summed E-state index contributed by atoms with van der Waals surface area (Å²) in [6.07, 6.45) is 3.68. The molecule has 1 aliphatic rings. The highest BCUT2D eigenvalue weighted by molar-refractivity contribution is 5.49. The molecule has 0 unspecified atom stereocenters. The molecule has 0 bridgehead atoms. The molecule has 0 radical (unpaired) electrons. The highest BCUT2D eigenvalue weighted by Crippen LogP contribution is 2.31. The highest BCUT2D eigenvalue weighted by atomic mass is 16.6. The van der Waals surface area contributed by atoms with Gasteiger partial charge in [-0.2, -0.15) is 0 Å². The molecule has 0 atom stereocenters. The average molecular weight is 260 g/mol. The molecule has 1 aliphatic heterocycles. The van der Waals surface area contributed by atoms with Gasteiger partial charge in [0.05, 0.1) is 17.6 Å². The fourth-order valence-corrected chi connectivity index (χ4v) is 2.00. The molecule has 2 N–H and O–H groups in total. The quantitative estimate of drug-likeness (QED) is 0.885. The number of benzene rings is 1. The van der Waals surface area contributed by atoms with Gasteiger partial charge in [0.15, 0.2) is 11.5 Å². The van der Waals surface area contributed by atoms with Gasteiger partial charge >= 0.3 is 0 Å². The zero-order valence-corrected chi connectivity index (χ0v) is 10.6. The van der Waals surface area contributed by atoms with Crippen LogP contribution in [-0.4, -0.2) is 34.8 Å². The normalized spacial score (nSPS) is 13.5. The number of fused-ring (bicyclic) bond motifs is 1. The Hall–Kier alpha value is -2.08. The predicted molar refractivity (Wildman–Crippen MR) is 69.7 cm³/mol. The number of hydrogen-bond acceptors (Lipinski definition) is 5. The van der Waals surface area contributed by atoms with Gasteiger partial charge in [0, 0.05) is 6.07 Å². The number of aryl methyl sites for hydroxylation is 1. The summed E-state index contributed by atoms with van der Waals surface area (Å²) >= 11 is 0. The number of rotatable bonds is 4. The largest absolute Gasteiger partial charge is 0.486 e. The summed E-state index contributed by atoms with van der Waals surface area (Å²) in [5.74, 6) is 1.53. The van der Waals surface area contributed by atoms with E-state index >= 15 is 0 Å². The van der Waals surface area contributed by atoms with E-state index in [0.717, 1.165) is 35.7 Å². The Bertz CT molecular complexity index is 568. The van der Waals surface area contributed by atoms with Crippen LogP contribution in [0.5, 0.6) is 11.5 Å². The van der Waals surface area contributed by atoms with E-state index < -0.39 is 0 Å². The highest BCUT2D eigenvalue weighted by Gasteiger charge is 2.13. The van der Waals surface area contributed by atoms with Crippen LogP contribution < -0.4 is 15.2 Å². The van der Waals surface area contributed by atoms with Crippen molar-refractivity contribution in [1.29, 1.82) is 0 Å². The van der Waals surface area contributed by atoms with Crippen LogP contribution in [-0.2, 0) is 6.42 Å². The molecule has 0 amide bonds. The van der Waals surface area contributed by atoms with Crippen LogP contribution in [0.3, 0.4) is 0 Å². The molecule has 3 rings (SSSR count). The molecule has 100 valence electrons. The van der Waals surface area contributed by atoms with Crippen LogP contribution in [0.25, 0.3) is 5.69 Å². The van der Waals surface area contributed by atoms with E-state index in [2.05, 4.69) is 10.3 Å². The van der Waals surface area contributed by atoms with E-state index in [0.29, 0.717) is 19.8 Å². The first-order valence-corrected chi connectivity index (χ1v) is 6.38. The second-order valence-corrected chi connectivity index (χ2v) is 4.37. The lowest BCUT2D eigenvalue weighted by Gasteiger charge is -2.18. The third kappa shape index (κ3) is 2.53. The van der Waals surface area contributed by atoms with Crippen LogP contribution in [0.1, 0.15) is 12.1 Å². The molecular weight excluding hydrogens is 244 g/mol. The smallest absolute Gasteiger partial charge is 0.163 e. The Labute approximate surface area is 111 Å². The molecule has 2 heterocycles. The maximum absolute atomic E-state index is 5.55. The molecule has 2 aromatic rings. The SMILES string of the molecule is NCCCc1cn(-c2ccc3c(c2)OCCO3)nn1. The first-order chi connectivity index (χ1) is 9.36. The molecule has 0 aliphatic carbocycles. The van der Waals surface area contributed by atoms with Gasteiger partial charge in [-0.05, 0) is 31.5 Å². The Kier molecular flexibility index (Phi) is 3.33. The van der Waals surface area contributed by atoms with E-state index in [4.69, 9.17) is 15.2 Å². The minimum Gasteiger partial charge on any atom is -0.486 e. The average Bonchev–Trinajstić information content (AvgIpc) is 2.93. The van der Waals surface area contributed by atoms with Gasteiger partial charge in [0.25, 0.3) is 0 Å². The third-order valence-electron chi connectivity index (χ3n) is 2.97. The molecule has 6 heteroatoms. The predicted octanol–water partition coefficient (Wildman–Crippen LogP) is 0.930. The van der Waals surface area contributed by atoms with Crippen molar-refractivity contribution in [2.24, 2.45) is 5.73 Å². The lowest BCUT2D eigenvalue weighted by Crippen LogP contribution is -2.15. The van der Waals surface area contributed by atoms with Gasteiger partial charge in [-0.25, -0.2) is 4.68 Å². The summed E-state index contributed by atoms with van der Waals surface area (Å²) in [6.45, 7) is 1.84. The zero-order valence-electron chi connectivity index (χ0n) is 10.6. The van der Waals surface area contributed by atoms with E-state index in [1.54, 1.807) is 4.68 Å². The van der Waals surface area contributed by atoms with Crippen LogP contribution in [0.2, 0.25) is 0 Å². The fraction of sp³-hybridized carbons (Fsp3) is 0.385. The first-order valence-electron chi connectivity index (χ1n) is 6.38. The first kappa shape index (κ1) is 12.0. The lowest BCUT2D eigenvalue weighted by atomic mass is 10.2. The van der Waals surface area contributed by atoms with E-state index in [-0.39, 0.29) is 0 Å². The molecule has 1 aromatic carbocycles. The van der Waals surface area contributed by atoms with Crippen molar-refractivity contribution >= 4 is 0 Å². The van der Waals surface area contributed by atoms with Crippen LogP contribution >= 0.6 is 0 Å². The van der Waals surface area contributed by atoms with E-state index in [1.807, 2.05) is 24.4 Å². The van der Waals surface area contributed by atoms with Gasteiger partial charge in [0.1, 0.15) is 13.2 Å². The van der Waals surface area contributed by atoms with E-state index in [9.17, 15) is 0 Å². The van der Waals surface area contributed by atoms with Crippen molar-refractivity contribution in [2.45, 2.75) is 12.8 Å². The topological polar surface area (TPSA) is 75.2 Å². The fourth-order valence-electron chi connectivity index (χ4n) is 2.00. The standard InChI is InChI=1S/C13H16N4O2/c14-5-1-2-10-9-17(16-15-10)11-3-4-12-13(8-11)19-7-6-18-12/h3-4,8-9H,1-2,5-7,14H2. The summed E-state index contributed by atoms with van der Waals surface area (Å²) in [7, 11) is 0. The van der Waals surface area contributed by atoms with Gasteiger partial charge in [-0.3, -0.25) is 0 Å². The van der Waals surface area contributed by atoms with Crippen molar-refractivity contribution in [3.8, 4) is 17.2 Å². The monoisotopic (exact) mass is 260 g/mol. The Balaban J connectivity index is 1.83. The van der Waals surface area contributed by atoms with Crippen LogP contribution in [0, 0.1) is 0 Å². The maximum Gasteiger partial charge on any atom is 0.163 e. The Morgan fingerprint density at radius 3 is 2.89 bits per heavy atom. The molecule has 19 heavy (non-hydrogen) atoms. The lowest BCUT2D eigenvalue weighted by molar-refractivity contribution is 0.171. The number of nitrogens with two attached hydrogens (primary N) is 1. The molecular formula is C13H16N4O2. The van der Waals surface area contributed by atoms with Crippen molar-refractivity contribution < 1.29 is 9.47 Å². The number of ether oxygens (including phenoxy) is 2. The molecule has 0 fully saturated rings. The van der Waals surface area contributed by atoms with Gasteiger partial charge in [0.2, 0.25) is 0 Å². The summed E-state index contributed by atoms with van der Waals surface area (Å²) in [6, 6.07) is 5.75. The Morgan fingerprint density at radius 1 is 1.21 bits per heavy atom.